The van der Waals surface area contributed by atoms with Crippen molar-refractivity contribution >= 4 is 5.91 Å². The van der Waals surface area contributed by atoms with Gasteiger partial charge in [0, 0.05) is 25.4 Å². The molecule has 1 N–H and O–H groups in total. The summed E-state index contributed by atoms with van der Waals surface area (Å²) in [6.07, 6.45) is 8.45. The zero-order valence-electron chi connectivity index (χ0n) is 17.6. The average Bonchev–Trinajstić information content (AvgIpc) is 2.95. The van der Waals surface area contributed by atoms with Crippen molar-refractivity contribution < 1.29 is 9.53 Å². The Balaban J connectivity index is 1.27. The first-order valence-corrected chi connectivity index (χ1v) is 11.3. The number of fused-ring (bicyclic) bond motifs is 1. The number of carbonyl (C=O) groups excluding carboxylic acids is 1. The first kappa shape index (κ1) is 20.7. The Hall–Kier alpha value is -2.57. The zero-order chi connectivity index (χ0) is 20.8. The number of hydrogen-bond acceptors (Lipinski definition) is 4. The predicted octanol–water partition coefficient (Wildman–Crippen LogP) is 2.77. The molecule has 7 nitrogen and oxygen atoms in total. The predicted molar refractivity (Wildman–Crippen MR) is 114 cm³/mol. The Labute approximate surface area is 177 Å². The molecule has 2 aliphatic rings. The van der Waals surface area contributed by atoms with Crippen molar-refractivity contribution in [3.8, 4) is 5.75 Å². The minimum atomic E-state index is -0.107. The SMILES string of the molecule is O=C(NCC1CCCCC1)C1CCc2nn(CCOc3ccccc3)c(=O)n2CC1. The lowest BCUT2D eigenvalue weighted by atomic mass is 9.89. The highest BCUT2D eigenvalue weighted by molar-refractivity contribution is 5.78. The first-order chi connectivity index (χ1) is 14.7. The van der Waals surface area contributed by atoms with Crippen LogP contribution in [0.3, 0.4) is 0 Å². The van der Waals surface area contributed by atoms with Gasteiger partial charge in [0.2, 0.25) is 5.91 Å². The molecule has 1 fully saturated rings. The standard InChI is InChI=1S/C23H32N4O3/c28-22(24-17-18-7-3-1-4-8-18)19-11-12-21-25-27(23(29)26(21)14-13-19)15-16-30-20-9-5-2-6-10-20/h2,5-6,9-10,18-19H,1,3-4,7-8,11-17H2,(H,24,28). The van der Waals surface area contributed by atoms with Gasteiger partial charge in [-0.15, -0.1) is 0 Å². The molecule has 0 saturated heterocycles. The van der Waals surface area contributed by atoms with Gasteiger partial charge in [-0.2, -0.15) is 5.10 Å². The van der Waals surface area contributed by atoms with Crippen LogP contribution in [-0.4, -0.2) is 33.4 Å². The molecule has 4 rings (SSSR count). The van der Waals surface area contributed by atoms with Crippen LogP contribution in [0.15, 0.2) is 35.1 Å². The Kier molecular flexibility index (Phi) is 6.87. The molecule has 162 valence electrons. The fourth-order valence-electron chi connectivity index (χ4n) is 4.58. The number of aryl methyl sites for hydroxylation is 1. The molecule has 1 aromatic carbocycles. The van der Waals surface area contributed by atoms with E-state index in [0.717, 1.165) is 24.5 Å². The maximum absolute atomic E-state index is 12.7. The van der Waals surface area contributed by atoms with Gasteiger partial charge in [-0.1, -0.05) is 37.5 Å². The van der Waals surface area contributed by atoms with Gasteiger partial charge in [-0.05, 0) is 43.7 Å². The van der Waals surface area contributed by atoms with E-state index >= 15 is 0 Å². The quantitative estimate of drug-likeness (QED) is 0.759. The Morgan fingerprint density at radius 1 is 1.10 bits per heavy atom. The Morgan fingerprint density at radius 3 is 2.70 bits per heavy atom. The van der Waals surface area contributed by atoms with Crippen LogP contribution < -0.4 is 15.7 Å². The highest BCUT2D eigenvalue weighted by Crippen LogP contribution is 2.23. The normalized spacial score (nSPS) is 19.7. The van der Waals surface area contributed by atoms with Crippen molar-refractivity contribution in [2.45, 2.75) is 64.5 Å². The summed E-state index contributed by atoms with van der Waals surface area (Å²) in [5.74, 6) is 2.30. The Morgan fingerprint density at radius 2 is 1.90 bits per heavy atom. The summed E-state index contributed by atoms with van der Waals surface area (Å²) in [6.45, 7) is 2.16. The van der Waals surface area contributed by atoms with Gasteiger partial charge < -0.3 is 10.1 Å². The number of para-hydroxylation sites is 1. The van der Waals surface area contributed by atoms with E-state index in [1.54, 1.807) is 4.57 Å². The van der Waals surface area contributed by atoms with E-state index in [0.29, 0.717) is 38.5 Å². The van der Waals surface area contributed by atoms with Gasteiger partial charge >= 0.3 is 5.69 Å². The molecule has 1 amide bonds. The summed E-state index contributed by atoms with van der Waals surface area (Å²) in [6, 6.07) is 9.56. The van der Waals surface area contributed by atoms with Crippen molar-refractivity contribution in [2.75, 3.05) is 13.2 Å². The van der Waals surface area contributed by atoms with Gasteiger partial charge in [0.15, 0.2) is 0 Å². The maximum atomic E-state index is 12.7. The summed E-state index contributed by atoms with van der Waals surface area (Å²) in [4.78, 5) is 25.4. The Bertz CT molecular complexity index is 884. The fraction of sp³-hybridized carbons (Fsp3) is 0.609. The summed E-state index contributed by atoms with van der Waals surface area (Å²) in [5, 5.41) is 7.68. The molecule has 0 spiro atoms. The molecule has 30 heavy (non-hydrogen) atoms. The maximum Gasteiger partial charge on any atom is 0.346 e. The molecule has 1 aliphatic heterocycles. The lowest BCUT2D eigenvalue weighted by molar-refractivity contribution is -0.125. The molecule has 0 bridgehead atoms. The summed E-state index contributed by atoms with van der Waals surface area (Å²) >= 11 is 0. The van der Waals surface area contributed by atoms with E-state index in [4.69, 9.17) is 4.74 Å². The largest absolute Gasteiger partial charge is 0.492 e. The second-order valence-corrected chi connectivity index (χ2v) is 8.51. The molecule has 7 heteroatoms. The van der Waals surface area contributed by atoms with Crippen molar-refractivity contribution in [1.82, 2.24) is 19.7 Å². The van der Waals surface area contributed by atoms with Crippen LogP contribution in [0, 0.1) is 11.8 Å². The van der Waals surface area contributed by atoms with Crippen molar-refractivity contribution in [3.63, 3.8) is 0 Å². The van der Waals surface area contributed by atoms with Crippen molar-refractivity contribution in [2.24, 2.45) is 11.8 Å². The van der Waals surface area contributed by atoms with Crippen LogP contribution in [0.4, 0.5) is 0 Å². The third-order valence-electron chi connectivity index (χ3n) is 6.39. The van der Waals surface area contributed by atoms with Crippen LogP contribution in [0.1, 0.15) is 50.8 Å². The number of benzene rings is 1. The van der Waals surface area contributed by atoms with Crippen molar-refractivity contribution in [1.29, 1.82) is 0 Å². The molecule has 0 radical (unpaired) electrons. The number of amides is 1. The molecule has 1 aromatic heterocycles. The fourth-order valence-corrected chi connectivity index (χ4v) is 4.58. The number of aromatic nitrogens is 3. The first-order valence-electron chi connectivity index (χ1n) is 11.3. The number of nitrogens with zero attached hydrogens (tertiary/aromatic N) is 3. The van der Waals surface area contributed by atoms with Crippen LogP contribution in [0.5, 0.6) is 5.75 Å². The number of hydrogen-bond donors (Lipinski definition) is 1. The van der Waals surface area contributed by atoms with E-state index in [-0.39, 0.29) is 17.5 Å². The second-order valence-electron chi connectivity index (χ2n) is 8.51. The van der Waals surface area contributed by atoms with Crippen LogP contribution in [0.2, 0.25) is 0 Å². The van der Waals surface area contributed by atoms with E-state index in [1.807, 2.05) is 30.3 Å². The lowest BCUT2D eigenvalue weighted by Gasteiger charge is -2.23. The van der Waals surface area contributed by atoms with Crippen LogP contribution in [0.25, 0.3) is 0 Å². The second kappa shape index (κ2) is 9.96. The topological polar surface area (TPSA) is 78.2 Å². The molecule has 2 aromatic rings. The van der Waals surface area contributed by atoms with Gasteiger partial charge in [-0.3, -0.25) is 9.36 Å². The third-order valence-corrected chi connectivity index (χ3v) is 6.39. The minimum absolute atomic E-state index is 0.0374. The number of rotatable bonds is 7. The molecule has 1 atom stereocenters. The molecule has 2 heterocycles. The lowest BCUT2D eigenvalue weighted by Crippen LogP contribution is -2.35. The summed E-state index contributed by atoms with van der Waals surface area (Å²) < 4.78 is 8.91. The molecule has 1 aliphatic carbocycles. The summed E-state index contributed by atoms with van der Waals surface area (Å²) in [7, 11) is 0. The molecule has 1 unspecified atom stereocenters. The van der Waals surface area contributed by atoms with E-state index in [9.17, 15) is 9.59 Å². The monoisotopic (exact) mass is 412 g/mol. The highest BCUT2D eigenvalue weighted by atomic mass is 16.5. The minimum Gasteiger partial charge on any atom is -0.492 e. The summed E-state index contributed by atoms with van der Waals surface area (Å²) in [5.41, 5.74) is -0.107. The van der Waals surface area contributed by atoms with Crippen molar-refractivity contribution in [3.05, 3.63) is 46.6 Å². The highest BCUT2D eigenvalue weighted by Gasteiger charge is 2.26. The molecular formula is C23H32N4O3. The van der Waals surface area contributed by atoms with Gasteiger partial charge in [0.25, 0.3) is 0 Å². The smallest absolute Gasteiger partial charge is 0.346 e. The number of ether oxygens (including phenoxy) is 1. The van der Waals surface area contributed by atoms with E-state index < -0.39 is 0 Å². The number of nitrogens with one attached hydrogen (secondary N) is 1. The van der Waals surface area contributed by atoms with Crippen LogP contribution >= 0.6 is 0 Å². The third kappa shape index (κ3) is 5.12. The van der Waals surface area contributed by atoms with E-state index in [1.165, 1.54) is 36.8 Å². The van der Waals surface area contributed by atoms with Crippen LogP contribution in [-0.2, 0) is 24.3 Å². The van der Waals surface area contributed by atoms with E-state index in [2.05, 4.69) is 10.4 Å². The van der Waals surface area contributed by atoms with Gasteiger partial charge in [-0.25, -0.2) is 9.48 Å². The molecular weight excluding hydrogens is 380 g/mol. The molecule has 1 saturated carbocycles. The van der Waals surface area contributed by atoms with Gasteiger partial charge in [0.05, 0.1) is 6.54 Å². The number of carbonyl (C=O) groups is 1. The van der Waals surface area contributed by atoms with Gasteiger partial charge in [0.1, 0.15) is 18.2 Å². The zero-order valence-corrected chi connectivity index (χ0v) is 17.6. The average molecular weight is 413 g/mol.